The van der Waals surface area contributed by atoms with Gasteiger partial charge in [0.15, 0.2) is 0 Å². The molecule has 1 atom stereocenters. The molecule has 1 amide bonds. The Morgan fingerprint density at radius 2 is 2.08 bits per heavy atom. The van der Waals surface area contributed by atoms with Crippen molar-refractivity contribution in [3.05, 3.63) is 41.4 Å². The molecule has 2 aromatic rings. The van der Waals surface area contributed by atoms with Crippen LogP contribution in [0.1, 0.15) is 30.3 Å². The van der Waals surface area contributed by atoms with Crippen LogP contribution in [0.2, 0.25) is 0 Å². The van der Waals surface area contributed by atoms with Gasteiger partial charge in [0.05, 0.1) is 0 Å². The van der Waals surface area contributed by atoms with Gasteiger partial charge in [-0.1, -0.05) is 37.3 Å². The van der Waals surface area contributed by atoms with E-state index in [4.69, 9.17) is 0 Å². The average molecular weight is 388 g/mol. The van der Waals surface area contributed by atoms with Crippen molar-refractivity contribution in [2.75, 3.05) is 19.6 Å². The molecule has 132 valence electrons. The molecule has 7 heteroatoms. The summed E-state index contributed by atoms with van der Waals surface area (Å²) >= 11 is 1.53. The number of carbonyl (C=O) groups is 1. The lowest BCUT2D eigenvalue weighted by atomic mass is 10.2. The minimum Gasteiger partial charge on any atom is -0.333 e. The van der Waals surface area contributed by atoms with E-state index in [-0.39, 0.29) is 30.7 Å². The molecule has 1 fully saturated rings. The number of nitrogens with zero attached hydrogens (tertiary/aromatic N) is 2. The zero-order valence-electron chi connectivity index (χ0n) is 13.6. The predicted octanol–water partition coefficient (Wildman–Crippen LogP) is 3.87. The van der Waals surface area contributed by atoms with Crippen molar-refractivity contribution in [3.8, 4) is 10.6 Å². The Morgan fingerprint density at radius 1 is 1.33 bits per heavy atom. The number of thiazole rings is 1. The molecule has 0 saturated carbocycles. The third kappa shape index (κ3) is 4.70. The Labute approximate surface area is 159 Å². The molecule has 0 spiro atoms. The molecule has 1 unspecified atom stereocenters. The molecule has 1 aromatic heterocycles. The molecule has 0 radical (unpaired) electrons. The van der Waals surface area contributed by atoms with Gasteiger partial charge < -0.3 is 10.2 Å². The maximum Gasteiger partial charge on any atom is 0.273 e. The number of carbonyl (C=O) groups excluding carboxylic acids is 1. The minimum absolute atomic E-state index is 0. The van der Waals surface area contributed by atoms with Crippen molar-refractivity contribution in [2.45, 2.75) is 25.8 Å². The summed E-state index contributed by atoms with van der Waals surface area (Å²) in [5, 5.41) is 6.13. The number of halogens is 2. The summed E-state index contributed by atoms with van der Waals surface area (Å²) in [6.07, 6.45) is 2.00. The maximum atomic E-state index is 12.8. The summed E-state index contributed by atoms with van der Waals surface area (Å²) < 4.78 is 0. The normalized spacial score (nSPS) is 16.1. The summed E-state index contributed by atoms with van der Waals surface area (Å²) in [6.45, 7) is 4.79. The van der Waals surface area contributed by atoms with Crippen LogP contribution in [0.25, 0.3) is 10.6 Å². The first-order valence-electron chi connectivity index (χ1n) is 7.82. The first-order chi connectivity index (χ1) is 10.8. The number of hydrogen-bond acceptors (Lipinski definition) is 4. The summed E-state index contributed by atoms with van der Waals surface area (Å²) in [7, 11) is 0. The van der Waals surface area contributed by atoms with Crippen LogP contribution in [0.5, 0.6) is 0 Å². The van der Waals surface area contributed by atoms with Gasteiger partial charge in [0.2, 0.25) is 0 Å². The SMILES string of the molecule is CCCN(C(=O)c1csc(-c2ccccc2)n1)C1CCNC1.Cl.Cl. The lowest BCUT2D eigenvalue weighted by Gasteiger charge is -2.27. The Morgan fingerprint density at radius 3 is 2.71 bits per heavy atom. The van der Waals surface area contributed by atoms with E-state index in [2.05, 4.69) is 17.2 Å². The summed E-state index contributed by atoms with van der Waals surface area (Å²) in [6, 6.07) is 10.3. The number of hydrogen-bond donors (Lipinski definition) is 1. The Kier molecular flexibility index (Phi) is 8.70. The number of nitrogens with one attached hydrogen (secondary N) is 1. The van der Waals surface area contributed by atoms with Gasteiger partial charge in [-0.05, 0) is 19.4 Å². The average Bonchev–Trinajstić information content (AvgIpc) is 3.24. The second-order valence-electron chi connectivity index (χ2n) is 5.55. The standard InChI is InChI=1S/C17H21N3OS.2ClH/c1-2-10-20(14-8-9-18-11-14)17(21)15-12-22-16(19-15)13-6-4-3-5-7-13;;/h3-7,12,14,18H,2,8-11H2,1H3;2*1H. The highest BCUT2D eigenvalue weighted by molar-refractivity contribution is 7.13. The molecule has 0 aliphatic carbocycles. The van der Waals surface area contributed by atoms with E-state index >= 15 is 0 Å². The highest BCUT2D eigenvalue weighted by atomic mass is 35.5. The highest BCUT2D eigenvalue weighted by Gasteiger charge is 2.28. The largest absolute Gasteiger partial charge is 0.333 e. The zero-order chi connectivity index (χ0) is 15.4. The number of amides is 1. The van der Waals surface area contributed by atoms with Crippen LogP contribution < -0.4 is 5.32 Å². The Hall–Kier alpha value is -1.14. The summed E-state index contributed by atoms with van der Waals surface area (Å²) in [4.78, 5) is 19.4. The quantitative estimate of drug-likeness (QED) is 0.846. The first-order valence-corrected chi connectivity index (χ1v) is 8.70. The van der Waals surface area contributed by atoms with E-state index in [1.54, 1.807) is 0 Å². The molecular formula is C17H23Cl2N3OS. The molecule has 4 nitrogen and oxygen atoms in total. The first kappa shape index (κ1) is 20.9. The van der Waals surface area contributed by atoms with Crippen LogP contribution in [-0.4, -0.2) is 41.5 Å². The van der Waals surface area contributed by atoms with Gasteiger partial charge in [0.25, 0.3) is 5.91 Å². The summed E-state index contributed by atoms with van der Waals surface area (Å²) in [5.41, 5.74) is 1.64. The maximum absolute atomic E-state index is 12.8. The van der Waals surface area contributed by atoms with E-state index in [0.717, 1.165) is 43.0 Å². The molecule has 2 heterocycles. The number of rotatable bonds is 5. The minimum atomic E-state index is 0. The van der Waals surface area contributed by atoms with Crippen LogP contribution in [0, 0.1) is 0 Å². The predicted molar refractivity (Wildman–Crippen MR) is 105 cm³/mol. The van der Waals surface area contributed by atoms with E-state index in [1.807, 2.05) is 40.6 Å². The molecule has 0 bridgehead atoms. The molecule has 1 aliphatic rings. The van der Waals surface area contributed by atoms with Gasteiger partial charge in [0.1, 0.15) is 10.7 Å². The van der Waals surface area contributed by atoms with Gasteiger partial charge in [-0.15, -0.1) is 36.2 Å². The van der Waals surface area contributed by atoms with Gasteiger partial charge >= 0.3 is 0 Å². The van der Waals surface area contributed by atoms with Crippen molar-refractivity contribution in [2.24, 2.45) is 0 Å². The van der Waals surface area contributed by atoms with Crippen LogP contribution >= 0.6 is 36.2 Å². The monoisotopic (exact) mass is 387 g/mol. The van der Waals surface area contributed by atoms with Gasteiger partial charge in [0, 0.05) is 30.1 Å². The van der Waals surface area contributed by atoms with Crippen LogP contribution in [0.4, 0.5) is 0 Å². The van der Waals surface area contributed by atoms with Crippen molar-refractivity contribution in [3.63, 3.8) is 0 Å². The molecule has 1 N–H and O–H groups in total. The van der Waals surface area contributed by atoms with Crippen molar-refractivity contribution < 1.29 is 4.79 Å². The zero-order valence-corrected chi connectivity index (χ0v) is 16.1. The van der Waals surface area contributed by atoms with E-state index in [1.165, 1.54) is 11.3 Å². The van der Waals surface area contributed by atoms with Gasteiger partial charge in [-0.2, -0.15) is 0 Å². The highest BCUT2D eigenvalue weighted by Crippen LogP contribution is 2.24. The van der Waals surface area contributed by atoms with Crippen LogP contribution in [0.15, 0.2) is 35.7 Å². The molecule has 3 rings (SSSR count). The van der Waals surface area contributed by atoms with Gasteiger partial charge in [-0.3, -0.25) is 4.79 Å². The van der Waals surface area contributed by atoms with Crippen LogP contribution in [0.3, 0.4) is 0 Å². The molecule has 1 aliphatic heterocycles. The van der Waals surface area contributed by atoms with Crippen LogP contribution in [-0.2, 0) is 0 Å². The fourth-order valence-corrected chi connectivity index (χ4v) is 3.63. The topological polar surface area (TPSA) is 45.2 Å². The third-order valence-corrected chi connectivity index (χ3v) is 4.84. The second-order valence-corrected chi connectivity index (χ2v) is 6.41. The summed E-state index contributed by atoms with van der Waals surface area (Å²) in [5.74, 6) is 0.0639. The fraction of sp³-hybridized carbons (Fsp3) is 0.412. The Bertz CT molecular complexity index is 630. The molecule has 1 saturated heterocycles. The Balaban J connectivity index is 0.00000144. The molecule has 24 heavy (non-hydrogen) atoms. The fourth-order valence-electron chi connectivity index (χ4n) is 2.83. The van der Waals surface area contributed by atoms with E-state index < -0.39 is 0 Å². The lowest BCUT2D eigenvalue weighted by molar-refractivity contribution is 0.0687. The second kappa shape index (κ2) is 9.99. The lowest BCUT2D eigenvalue weighted by Crippen LogP contribution is -2.42. The van der Waals surface area contributed by atoms with E-state index in [0.29, 0.717) is 11.7 Å². The van der Waals surface area contributed by atoms with Gasteiger partial charge in [-0.25, -0.2) is 4.98 Å². The van der Waals surface area contributed by atoms with Crippen molar-refractivity contribution in [1.82, 2.24) is 15.2 Å². The third-order valence-electron chi connectivity index (χ3n) is 3.94. The molecular weight excluding hydrogens is 365 g/mol. The van der Waals surface area contributed by atoms with Crippen molar-refractivity contribution in [1.29, 1.82) is 0 Å². The molecule has 1 aromatic carbocycles. The smallest absolute Gasteiger partial charge is 0.273 e. The van der Waals surface area contributed by atoms with Crippen molar-refractivity contribution >= 4 is 42.1 Å². The number of aromatic nitrogens is 1. The van der Waals surface area contributed by atoms with E-state index in [9.17, 15) is 4.79 Å². The number of benzene rings is 1.